The largest absolute Gasteiger partial charge is 0.308 e. The van der Waals surface area contributed by atoms with Crippen molar-refractivity contribution in [2.75, 3.05) is 4.90 Å². The molecule has 0 spiro atoms. The molecule has 132 valence electrons. The molecule has 0 radical (unpaired) electrons. The Bertz CT molecular complexity index is 1310. The molecule has 2 aromatic heterocycles. The van der Waals surface area contributed by atoms with Crippen molar-refractivity contribution in [3.8, 4) is 11.1 Å². The first-order valence-electron chi connectivity index (χ1n) is 9.81. The lowest BCUT2D eigenvalue weighted by atomic mass is 9.88. The van der Waals surface area contributed by atoms with Crippen LogP contribution in [0.1, 0.15) is 33.5 Å². The first-order valence-corrected chi connectivity index (χ1v) is 9.81. The summed E-state index contributed by atoms with van der Waals surface area (Å²) in [7, 11) is 0. The fraction of sp³-hybridized carbons (Fsp3) is 0.120. The smallest absolute Gasteiger partial charge is 0.0716 e. The van der Waals surface area contributed by atoms with Crippen molar-refractivity contribution in [3.05, 3.63) is 101 Å². The molecule has 4 heterocycles. The van der Waals surface area contributed by atoms with Gasteiger partial charge in [0.15, 0.2) is 0 Å². The molecule has 0 amide bonds. The van der Waals surface area contributed by atoms with Crippen LogP contribution < -0.4 is 4.90 Å². The van der Waals surface area contributed by atoms with E-state index in [1.807, 2.05) is 18.6 Å². The maximum atomic E-state index is 4.76. The predicted molar refractivity (Wildman–Crippen MR) is 111 cm³/mol. The molecule has 0 unspecified atom stereocenters. The molecular formula is C25H17N3. The summed E-state index contributed by atoms with van der Waals surface area (Å²) in [5, 5.41) is 0. The number of hydrogen-bond acceptors (Lipinski definition) is 3. The number of fused-ring (bicyclic) bond motifs is 7. The first kappa shape index (κ1) is 14.6. The van der Waals surface area contributed by atoms with Gasteiger partial charge in [-0.2, -0.15) is 0 Å². The summed E-state index contributed by atoms with van der Waals surface area (Å²) in [5.41, 5.74) is 14.6. The second-order valence-corrected chi connectivity index (χ2v) is 7.93. The third-order valence-electron chi connectivity index (χ3n) is 6.40. The molecule has 2 aliphatic heterocycles. The lowest BCUT2D eigenvalue weighted by Gasteiger charge is -2.38. The molecule has 7 rings (SSSR count). The van der Waals surface area contributed by atoms with Gasteiger partial charge < -0.3 is 4.90 Å². The van der Waals surface area contributed by atoms with E-state index in [0.29, 0.717) is 0 Å². The van der Waals surface area contributed by atoms with Gasteiger partial charge in [-0.05, 0) is 63.6 Å². The number of pyridine rings is 2. The number of anilines is 3. The molecule has 0 saturated heterocycles. The SMILES string of the molecule is c1ccc2c(c1)Cc1cc3c(cc1-2)N1c2ccncc2Cc2ccnc(c21)C3. The second kappa shape index (κ2) is 5.08. The van der Waals surface area contributed by atoms with Crippen LogP contribution in [-0.2, 0) is 19.3 Å². The standard InChI is InChI=1S/C25H17N3/c1-2-4-20-15(3-1)9-17-11-18-12-22-25-16(5-8-27-22)10-19-14-26-7-6-23(19)28(25)24(18)13-21(17)20/h1-8,11,13-14H,9-10,12H2. The number of nitrogens with zero attached hydrogens (tertiary/aromatic N) is 3. The van der Waals surface area contributed by atoms with Crippen LogP contribution in [0.15, 0.2) is 67.1 Å². The van der Waals surface area contributed by atoms with Gasteiger partial charge in [0.05, 0.1) is 22.8 Å². The van der Waals surface area contributed by atoms with Crippen molar-refractivity contribution in [3.63, 3.8) is 0 Å². The molecule has 4 aromatic rings. The Kier molecular flexibility index (Phi) is 2.64. The molecule has 0 fully saturated rings. The van der Waals surface area contributed by atoms with Gasteiger partial charge in [0.25, 0.3) is 0 Å². The summed E-state index contributed by atoms with van der Waals surface area (Å²) in [6.07, 6.45) is 8.72. The summed E-state index contributed by atoms with van der Waals surface area (Å²) in [4.78, 5) is 11.6. The van der Waals surface area contributed by atoms with E-state index in [9.17, 15) is 0 Å². The van der Waals surface area contributed by atoms with E-state index in [1.165, 1.54) is 61.7 Å². The van der Waals surface area contributed by atoms with E-state index < -0.39 is 0 Å². The maximum Gasteiger partial charge on any atom is 0.0716 e. The van der Waals surface area contributed by atoms with Crippen molar-refractivity contribution >= 4 is 17.1 Å². The minimum Gasteiger partial charge on any atom is -0.308 e. The summed E-state index contributed by atoms with van der Waals surface area (Å²) in [5.74, 6) is 0. The average Bonchev–Trinajstić information content (AvgIpc) is 3.09. The highest BCUT2D eigenvalue weighted by atomic mass is 15.2. The molecule has 0 N–H and O–H groups in total. The Hall–Kier alpha value is -3.46. The molecule has 0 saturated carbocycles. The van der Waals surface area contributed by atoms with E-state index in [4.69, 9.17) is 4.98 Å². The zero-order valence-corrected chi connectivity index (χ0v) is 15.3. The Balaban J connectivity index is 1.53. The van der Waals surface area contributed by atoms with Crippen molar-refractivity contribution in [2.24, 2.45) is 0 Å². The minimum atomic E-state index is 0.902. The van der Waals surface area contributed by atoms with Crippen LogP contribution in [0.4, 0.5) is 17.1 Å². The van der Waals surface area contributed by atoms with Crippen LogP contribution in [0.5, 0.6) is 0 Å². The van der Waals surface area contributed by atoms with Gasteiger partial charge >= 0.3 is 0 Å². The van der Waals surface area contributed by atoms with E-state index in [1.54, 1.807) is 0 Å². The summed E-state index contributed by atoms with van der Waals surface area (Å²) in [6.45, 7) is 0. The van der Waals surface area contributed by atoms with Crippen molar-refractivity contribution in [1.29, 1.82) is 0 Å². The fourth-order valence-electron chi connectivity index (χ4n) is 5.19. The van der Waals surface area contributed by atoms with Gasteiger partial charge in [-0.25, -0.2) is 0 Å². The molecule has 3 nitrogen and oxygen atoms in total. The third kappa shape index (κ3) is 1.79. The monoisotopic (exact) mass is 359 g/mol. The highest BCUT2D eigenvalue weighted by Crippen LogP contribution is 2.51. The molecule has 3 heteroatoms. The van der Waals surface area contributed by atoms with Crippen LogP contribution >= 0.6 is 0 Å². The van der Waals surface area contributed by atoms with Gasteiger partial charge in [0, 0.05) is 31.4 Å². The predicted octanol–water partition coefficient (Wildman–Crippen LogP) is 5.33. The highest BCUT2D eigenvalue weighted by Gasteiger charge is 2.33. The summed E-state index contributed by atoms with van der Waals surface area (Å²) < 4.78 is 0. The molecule has 0 atom stereocenters. The van der Waals surface area contributed by atoms with Crippen LogP contribution in [0.25, 0.3) is 11.1 Å². The number of hydrogen-bond donors (Lipinski definition) is 0. The number of benzene rings is 2. The number of aromatic nitrogens is 2. The topological polar surface area (TPSA) is 29.0 Å². The van der Waals surface area contributed by atoms with Crippen LogP contribution in [-0.4, -0.2) is 9.97 Å². The quantitative estimate of drug-likeness (QED) is 0.367. The zero-order valence-electron chi connectivity index (χ0n) is 15.3. The van der Waals surface area contributed by atoms with E-state index in [-0.39, 0.29) is 0 Å². The van der Waals surface area contributed by atoms with Crippen molar-refractivity contribution in [1.82, 2.24) is 9.97 Å². The maximum absolute atomic E-state index is 4.76. The summed E-state index contributed by atoms with van der Waals surface area (Å²) in [6, 6.07) is 17.9. The van der Waals surface area contributed by atoms with Crippen molar-refractivity contribution in [2.45, 2.75) is 19.3 Å². The Morgan fingerprint density at radius 2 is 1.61 bits per heavy atom. The lowest BCUT2D eigenvalue weighted by Crippen LogP contribution is -2.25. The van der Waals surface area contributed by atoms with Gasteiger partial charge in [-0.3, -0.25) is 9.97 Å². The molecule has 0 bridgehead atoms. The Morgan fingerprint density at radius 3 is 2.61 bits per heavy atom. The molecule has 1 aliphatic carbocycles. The van der Waals surface area contributed by atoms with Crippen LogP contribution in [0, 0.1) is 0 Å². The van der Waals surface area contributed by atoms with Gasteiger partial charge in [-0.15, -0.1) is 0 Å². The molecular weight excluding hydrogens is 342 g/mol. The van der Waals surface area contributed by atoms with E-state index in [0.717, 1.165) is 19.3 Å². The average molecular weight is 359 g/mol. The van der Waals surface area contributed by atoms with E-state index >= 15 is 0 Å². The van der Waals surface area contributed by atoms with Gasteiger partial charge in [0.1, 0.15) is 0 Å². The first-order chi connectivity index (χ1) is 13.9. The Morgan fingerprint density at radius 1 is 0.679 bits per heavy atom. The van der Waals surface area contributed by atoms with Crippen LogP contribution in [0.3, 0.4) is 0 Å². The third-order valence-corrected chi connectivity index (χ3v) is 6.40. The summed E-state index contributed by atoms with van der Waals surface area (Å²) >= 11 is 0. The van der Waals surface area contributed by atoms with Gasteiger partial charge in [-0.1, -0.05) is 30.3 Å². The lowest BCUT2D eigenvalue weighted by molar-refractivity contribution is 0.952. The van der Waals surface area contributed by atoms with Crippen molar-refractivity contribution < 1.29 is 0 Å². The number of rotatable bonds is 0. The zero-order chi connectivity index (χ0) is 18.2. The molecule has 3 aliphatic rings. The normalized spacial score (nSPS) is 14.6. The minimum absolute atomic E-state index is 0.902. The molecule has 2 aromatic carbocycles. The fourth-order valence-corrected chi connectivity index (χ4v) is 5.19. The van der Waals surface area contributed by atoms with E-state index in [2.05, 4.69) is 58.4 Å². The second-order valence-electron chi connectivity index (χ2n) is 7.93. The Labute approximate surface area is 163 Å². The van der Waals surface area contributed by atoms with Crippen LogP contribution in [0.2, 0.25) is 0 Å². The van der Waals surface area contributed by atoms with Gasteiger partial charge in [0.2, 0.25) is 0 Å². The highest BCUT2D eigenvalue weighted by molar-refractivity contribution is 5.91. The molecule has 28 heavy (non-hydrogen) atoms.